The lowest BCUT2D eigenvalue weighted by Crippen LogP contribution is -2.42. The fourth-order valence-electron chi connectivity index (χ4n) is 2.87. The molecule has 1 aliphatic rings. The molecule has 0 saturated heterocycles. The molecule has 0 fully saturated rings. The minimum absolute atomic E-state index is 0.0793. The van der Waals surface area contributed by atoms with E-state index in [4.69, 9.17) is 4.74 Å². The lowest BCUT2D eigenvalue weighted by Gasteiger charge is -2.18. The van der Waals surface area contributed by atoms with E-state index in [2.05, 4.69) is 20.9 Å². The molecule has 3 amide bonds. The van der Waals surface area contributed by atoms with Crippen molar-refractivity contribution in [3.63, 3.8) is 0 Å². The quantitative estimate of drug-likeness (QED) is 0.745. The Kier molecular flexibility index (Phi) is 6.11. The van der Waals surface area contributed by atoms with Crippen LogP contribution in [0.5, 0.6) is 5.75 Å². The molecule has 1 heterocycles. The van der Waals surface area contributed by atoms with Crippen molar-refractivity contribution in [2.24, 2.45) is 10.2 Å². The minimum atomic E-state index is -0.754. The van der Waals surface area contributed by atoms with Gasteiger partial charge in [0.2, 0.25) is 0 Å². The van der Waals surface area contributed by atoms with Gasteiger partial charge in [-0.05, 0) is 35.7 Å². The third-order valence-corrected chi connectivity index (χ3v) is 4.33. The molecule has 0 spiro atoms. The van der Waals surface area contributed by atoms with E-state index in [-0.39, 0.29) is 6.54 Å². The summed E-state index contributed by atoms with van der Waals surface area (Å²) >= 11 is 0. The van der Waals surface area contributed by atoms with Gasteiger partial charge in [0.15, 0.2) is 0 Å². The van der Waals surface area contributed by atoms with E-state index < -0.39 is 23.8 Å². The summed E-state index contributed by atoms with van der Waals surface area (Å²) in [4.78, 5) is 35.7. The summed E-state index contributed by atoms with van der Waals surface area (Å²) in [5, 5.41) is 12.6. The average Bonchev–Trinajstić information content (AvgIpc) is 2.73. The predicted molar refractivity (Wildman–Crippen MR) is 101 cm³/mol. The Morgan fingerprint density at radius 2 is 1.86 bits per heavy atom. The van der Waals surface area contributed by atoms with E-state index in [1.165, 1.54) is 0 Å². The van der Waals surface area contributed by atoms with Gasteiger partial charge < -0.3 is 15.4 Å². The molecule has 28 heavy (non-hydrogen) atoms. The first kappa shape index (κ1) is 19.2. The Morgan fingerprint density at radius 3 is 2.68 bits per heavy atom. The van der Waals surface area contributed by atoms with Crippen molar-refractivity contribution in [1.29, 1.82) is 0 Å². The molecule has 8 heteroatoms. The van der Waals surface area contributed by atoms with Crippen molar-refractivity contribution in [3.8, 4) is 5.75 Å². The van der Waals surface area contributed by atoms with Crippen LogP contribution >= 0.6 is 0 Å². The first-order chi connectivity index (χ1) is 13.6. The van der Waals surface area contributed by atoms with Gasteiger partial charge in [0.1, 0.15) is 11.8 Å². The summed E-state index contributed by atoms with van der Waals surface area (Å²) in [6.45, 7) is 0.399. The smallest absolute Gasteiger partial charge is 0.309 e. The van der Waals surface area contributed by atoms with Crippen LogP contribution in [-0.2, 0) is 16.0 Å². The molecule has 1 atom stereocenters. The second kappa shape index (κ2) is 8.90. The molecule has 2 aromatic carbocycles. The molecule has 1 aliphatic heterocycles. The fourth-order valence-corrected chi connectivity index (χ4v) is 2.87. The van der Waals surface area contributed by atoms with Crippen LogP contribution in [0, 0.1) is 0 Å². The molecule has 2 aromatic rings. The molecule has 0 radical (unpaired) electrons. The van der Waals surface area contributed by atoms with Crippen molar-refractivity contribution in [3.05, 3.63) is 65.2 Å². The van der Waals surface area contributed by atoms with Gasteiger partial charge in [-0.3, -0.25) is 14.4 Å². The summed E-state index contributed by atoms with van der Waals surface area (Å²) < 4.78 is 5.15. The number of nitrogens with zero attached hydrogens (tertiary/aromatic N) is 2. The number of carbonyl (C=O) groups excluding carboxylic acids is 3. The van der Waals surface area contributed by atoms with Crippen molar-refractivity contribution < 1.29 is 19.1 Å². The Morgan fingerprint density at radius 1 is 1.07 bits per heavy atom. The summed E-state index contributed by atoms with van der Waals surface area (Å²) in [7, 11) is 1.59. The zero-order valence-corrected chi connectivity index (χ0v) is 15.3. The normalized spacial score (nSPS) is 14.9. The predicted octanol–water partition coefficient (Wildman–Crippen LogP) is 1.82. The van der Waals surface area contributed by atoms with Gasteiger partial charge >= 0.3 is 11.8 Å². The number of amides is 3. The number of ether oxygens (including phenoxy) is 1. The SMILES string of the molecule is COc1cccc(CCNC(=O)C(=O)NCC2N=NC(=O)c3ccccc32)c1. The first-order valence-electron chi connectivity index (χ1n) is 8.81. The van der Waals surface area contributed by atoms with Gasteiger partial charge in [0, 0.05) is 18.7 Å². The Balaban J connectivity index is 1.48. The maximum atomic E-state index is 12.0. The highest BCUT2D eigenvalue weighted by atomic mass is 16.5. The molecule has 3 rings (SSSR count). The van der Waals surface area contributed by atoms with Crippen LogP contribution in [0.4, 0.5) is 0 Å². The van der Waals surface area contributed by atoms with Crippen LogP contribution in [0.2, 0.25) is 0 Å². The lowest BCUT2D eigenvalue weighted by molar-refractivity contribution is -0.139. The maximum Gasteiger partial charge on any atom is 0.309 e. The standard InChI is InChI=1S/C20H20N4O4/c1-28-14-6-4-5-13(11-14)9-10-21-19(26)20(27)22-12-17-15-7-2-3-8-16(15)18(25)24-23-17/h2-8,11,17H,9-10,12H2,1H3,(H,21,26)(H,22,27). The number of rotatable bonds is 6. The van der Waals surface area contributed by atoms with Gasteiger partial charge in [0.25, 0.3) is 5.91 Å². The highest BCUT2D eigenvalue weighted by molar-refractivity contribution is 6.35. The van der Waals surface area contributed by atoms with Crippen molar-refractivity contribution in [2.45, 2.75) is 12.5 Å². The van der Waals surface area contributed by atoms with Crippen LogP contribution in [0.3, 0.4) is 0 Å². The Hall–Kier alpha value is -3.55. The topological polar surface area (TPSA) is 109 Å². The fraction of sp³-hybridized carbons (Fsp3) is 0.250. The van der Waals surface area contributed by atoms with Crippen LogP contribution in [0.1, 0.15) is 27.5 Å². The summed E-state index contributed by atoms with van der Waals surface area (Å²) in [6.07, 6.45) is 0.572. The monoisotopic (exact) mass is 380 g/mol. The molecule has 8 nitrogen and oxygen atoms in total. The first-order valence-corrected chi connectivity index (χ1v) is 8.81. The number of carbonyl (C=O) groups is 3. The third-order valence-electron chi connectivity index (χ3n) is 4.33. The van der Waals surface area contributed by atoms with E-state index in [0.29, 0.717) is 24.1 Å². The number of methoxy groups -OCH3 is 1. The molecule has 0 bridgehead atoms. The number of fused-ring (bicyclic) bond motifs is 1. The minimum Gasteiger partial charge on any atom is -0.497 e. The summed E-state index contributed by atoms with van der Waals surface area (Å²) in [6, 6.07) is 13.9. The molecular formula is C20H20N4O4. The van der Waals surface area contributed by atoms with E-state index in [9.17, 15) is 14.4 Å². The molecule has 0 aliphatic carbocycles. The van der Waals surface area contributed by atoms with E-state index in [0.717, 1.165) is 11.3 Å². The molecule has 1 unspecified atom stereocenters. The highest BCUT2D eigenvalue weighted by Gasteiger charge is 2.24. The summed E-state index contributed by atoms with van der Waals surface area (Å²) in [5.41, 5.74) is 2.13. The average molecular weight is 380 g/mol. The largest absolute Gasteiger partial charge is 0.497 e. The molecular weight excluding hydrogens is 360 g/mol. The Labute approximate surface area is 162 Å². The van der Waals surface area contributed by atoms with Gasteiger partial charge in [-0.25, -0.2) is 0 Å². The second-order valence-electron chi connectivity index (χ2n) is 6.19. The van der Waals surface area contributed by atoms with Gasteiger partial charge in [-0.2, -0.15) is 5.11 Å². The molecule has 0 aromatic heterocycles. The number of hydrogen-bond acceptors (Lipinski definition) is 5. The summed E-state index contributed by atoms with van der Waals surface area (Å²) in [5.74, 6) is -1.15. The number of hydrogen-bond donors (Lipinski definition) is 2. The highest BCUT2D eigenvalue weighted by Crippen LogP contribution is 2.26. The van der Waals surface area contributed by atoms with Crippen molar-refractivity contribution in [2.75, 3.05) is 20.2 Å². The van der Waals surface area contributed by atoms with Crippen LogP contribution in [0.15, 0.2) is 58.8 Å². The lowest BCUT2D eigenvalue weighted by atomic mass is 9.99. The van der Waals surface area contributed by atoms with E-state index in [1.54, 1.807) is 31.4 Å². The number of benzene rings is 2. The Bertz CT molecular complexity index is 926. The van der Waals surface area contributed by atoms with E-state index >= 15 is 0 Å². The number of azo groups is 1. The van der Waals surface area contributed by atoms with Crippen molar-refractivity contribution >= 4 is 17.7 Å². The molecule has 144 valence electrons. The zero-order chi connectivity index (χ0) is 19.9. The van der Waals surface area contributed by atoms with Crippen LogP contribution < -0.4 is 15.4 Å². The zero-order valence-electron chi connectivity index (χ0n) is 15.3. The van der Waals surface area contributed by atoms with Gasteiger partial charge in [-0.1, -0.05) is 30.3 Å². The van der Waals surface area contributed by atoms with E-state index in [1.807, 2.05) is 24.3 Å². The van der Waals surface area contributed by atoms with Gasteiger partial charge in [-0.15, -0.1) is 5.11 Å². The third kappa shape index (κ3) is 4.59. The van der Waals surface area contributed by atoms with Crippen molar-refractivity contribution in [1.82, 2.24) is 10.6 Å². The van der Waals surface area contributed by atoms with Crippen LogP contribution in [-0.4, -0.2) is 37.9 Å². The molecule has 0 saturated carbocycles. The van der Waals surface area contributed by atoms with Crippen LogP contribution in [0.25, 0.3) is 0 Å². The van der Waals surface area contributed by atoms with Gasteiger partial charge in [0.05, 0.1) is 7.11 Å². The second-order valence-corrected chi connectivity index (χ2v) is 6.19. The number of nitrogens with one attached hydrogen (secondary N) is 2. The maximum absolute atomic E-state index is 12.0. The molecule has 2 N–H and O–H groups in total.